The highest BCUT2D eigenvalue weighted by Crippen LogP contribution is 2.49. The van der Waals surface area contributed by atoms with Gasteiger partial charge in [0.15, 0.2) is 5.54 Å². The van der Waals surface area contributed by atoms with E-state index in [-0.39, 0.29) is 23.9 Å². The van der Waals surface area contributed by atoms with Crippen LogP contribution in [0.3, 0.4) is 0 Å². The molecule has 0 spiro atoms. The van der Waals surface area contributed by atoms with E-state index in [1.54, 1.807) is 30.6 Å². The van der Waals surface area contributed by atoms with Crippen LogP contribution in [0.1, 0.15) is 35.1 Å². The van der Waals surface area contributed by atoms with Crippen LogP contribution in [0.2, 0.25) is 0 Å². The Kier molecular flexibility index (Phi) is 6.75. The summed E-state index contributed by atoms with van der Waals surface area (Å²) in [4.78, 5) is 28.2. The first-order valence-corrected chi connectivity index (χ1v) is 12.0. The lowest BCUT2D eigenvalue weighted by Gasteiger charge is -2.27. The zero-order valence-electron chi connectivity index (χ0n) is 19.7. The van der Waals surface area contributed by atoms with Crippen LogP contribution in [-0.4, -0.2) is 23.3 Å². The number of nitrogens with one attached hydrogen (secondary N) is 2. The van der Waals surface area contributed by atoms with Crippen molar-refractivity contribution in [1.82, 2.24) is 10.3 Å². The van der Waals surface area contributed by atoms with E-state index in [0.717, 1.165) is 29.5 Å². The number of hydrogen-bond acceptors (Lipinski definition) is 5. The van der Waals surface area contributed by atoms with E-state index in [1.807, 2.05) is 42.5 Å². The molecule has 0 radical (unpaired) electrons. The van der Waals surface area contributed by atoms with Crippen molar-refractivity contribution in [3.05, 3.63) is 111 Å². The first-order valence-electron chi connectivity index (χ1n) is 12.0. The molecule has 8 heteroatoms. The molecule has 1 atom stereocenters. The minimum absolute atomic E-state index is 0.0833. The molecule has 1 unspecified atom stereocenters. The van der Waals surface area contributed by atoms with E-state index in [2.05, 4.69) is 20.5 Å². The van der Waals surface area contributed by atoms with E-state index in [9.17, 15) is 14.0 Å². The number of H-pyrrole nitrogens is 1. The van der Waals surface area contributed by atoms with Crippen LogP contribution >= 0.6 is 0 Å². The van der Waals surface area contributed by atoms with Crippen molar-refractivity contribution in [2.45, 2.75) is 37.8 Å². The Hall–Kier alpha value is -4.07. The molecule has 2 aliphatic rings. The summed E-state index contributed by atoms with van der Waals surface area (Å²) in [5.74, 6) is 0.311. The van der Waals surface area contributed by atoms with Gasteiger partial charge in [-0.3, -0.25) is 9.59 Å². The average molecular weight is 487 g/mol. The monoisotopic (exact) mass is 486 g/mol. The van der Waals surface area contributed by atoms with E-state index in [1.165, 1.54) is 0 Å². The van der Waals surface area contributed by atoms with Crippen molar-refractivity contribution in [3.63, 3.8) is 0 Å². The number of para-hydroxylation sites is 1. The summed E-state index contributed by atoms with van der Waals surface area (Å²) in [5, 5.41) is 11.6. The summed E-state index contributed by atoms with van der Waals surface area (Å²) in [6, 6.07) is 18.8. The minimum Gasteiger partial charge on any atom is -0.463 e. The summed E-state index contributed by atoms with van der Waals surface area (Å²) in [7, 11) is 0. The van der Waals surface area contributed by atoms with Gasteiger partial charge in [-0.2, -0.15) is 10.2 Å². The number of alkyl halides is 1. The molecule has 1 aromatic heterocycles. The lowest BCUT2D eigenvalue weighted by atomic mass is 9.82. The highest BCUT2D eigenvalue weighted by molar-refractivity contribution is 5.91. The standard InChI is InChI=1S/C28H27FN4O3/c29-18-36-25-6-2-1-4-22(25)16-31-27(35)28(23-11-12-23)24(17-32-33-28)15-20-9-7-19(8-10-20)14-21-5-3-13-30-26(21)34/h1-10,13,17,23H,11-12,14-16,18H2,(H,30,34)(H,31,35). The van der Waals surface area contributed by atoms with E-state index < -0.39 is 12.4 Å². The van der Waals surface area contributed by atoms with Crippen LogP contribution in [0.4, 0.5) is 4.39 Å². The maximum atomic E-state index is 13.5. The number of carbonyl (C=O) groups is 1. The normalized spacial score (nSPS) is 18.6. The first kappa shape index (κ1) is 23.7. The fourth-order valence-electron chi connectivity index (χ4n) is 4.72. The second-order valence-corrected chi connectivity index (χ2v) is 9.15. The summed E-state index contributed by atoms with van der Waals surface area (Å²) in [6.07, 6.45) is 6.25. The maximum absolute atomic E-state index is 13.5. The van der Waals surface area contributed by atoms with Gasteiger partial charge >= 0.3 is 0 Å². The van der Waals surface area contributed by atoms with Gasteiger partial charge in [-0.1, -0.05) is 48.5 Å². The van der Waals surface area contributed by atoms with Gasteiger partial charge in [-0.15, -0.1) is 0 Å². The SMILES string of the molecule is O=C(NCc1ccccc1OCF)C1(C2CC2)N=NC=C1Cc1ccc(Cc2ccc[nH]c2=O)cc1. The molecule has 3 aromatic rings. The van der Waals surface area contributed by atoms with Crippen molar-refractivity contribution in [2.24, 2.45) is 16.1 Å². The number of azo groups is 1. The molecule has 1 saturated carbocycles. The number of rotatable bonds is 10. The largest absolute Gasteiger partial charge is 0.463 e. The highest BCUT2D eigenvalue weighted by atomic mass is 19.1. The lowest BCUT2D eigenvalue weighted by Crippen LogP contribution is -2.47. The number of halogens is 1. The van der Waals surface area contributed by atoms with Crippen LogP contribution in [0.25, 0.3) is 0 Å². The number of hydrogen-bond donors (Lipinski definition) is 2. The van der Waals surface area contributed by atoms with Crippen molar-refractivity contribution >= 4 is 5.91 Å². The summed E-state index contributed by atoms with van der Waals surface area (Å²) < 4.78 is 17.8. The molecule has 0 saturated heterocycles. The zero-order chi connectivity index (χ0) is 25.0. The molecule has 7 nitrogen and oxygen atoms in total. The molecule has 1 amide bonds. The van der Waals surface area contributed by atoms with Gasteiger partial charge in [0.25, 0.3) is 11.5 Å². The number of aromatic amines is 1. The molecule has 2 N–H and O–H groups in total. The van der Waals surface area contributed by atoms with Gasteiger partial charge in [-0.05, 0) is 54.0 Å². The van der Waals surface area contributed by atoms with Crippen LogP contribution in [-0.2, 0) is 24.2 Å². The Morgan fingerprint density at radius 2 is 1.75 bits per heavy atom. The molecule has 1 fully saturated rings. The van der Waals surface area contributed by atoms with Crippen molar-refractivity contribution in [1.29, 1.82) is 0 Å². The summed E-state index contributed by atoms with van der Waals surface area (Å²) in [5.41, 5.74) is 3.24. The van der Waals surface area contributed by atoms with Crippen LogP contribution < -0.4 is 15.6 Å². The van der Waals surface area contributed by atoms with E-state index in [4.69, 9.17) is 4.74 Å². The Bertz CT molecular complexity index is 1360. The second-order valence-electron chi connectivity index (χ2n) is 9.15. The van der Waals surface area contributed by atoms with Crippen LogP contribution in [0, 0.1) is 5.92 Å². The van der Waals surface area contributed by atoms with E-state index >= 15 is 0 Å². The molecular weight excluding hydrogens is 459 g/mol. The Balaban J connectivity index is 1.29. The van der Waals surface area contributed by atoms with Gasteiger partial charge in [-0.25, -0.2) is 4.39 Å². The number of aromatic nitrogens is 1. The molecule has 5 rings (SSSR count). The Morgan fingerprint density at radius 1 is 1.03 bits per heavy atom. The van der Waals surface area contributed by atoms with Crippen molar-refractivity contribution in [3.8, 4) is 5.75 Å². The minimum atomic E-state index is -1.02. The summed E-state index contributed by atoms with van der Waals surface area (Å²) in [6.45, 7) is -0.724. The van der Waals surface area contributed by atoms with Gasteiger partial charge in [0.05, 0.1) is 6.20 Å². The molecule has 2 heterocycles. The number of pyridine rings is 1. The topological polar surface area (TPSA) is 95.9 Å². The number of ether oxygens (including phenoxy) is 1. The predicted octanol–water partition coefficient (Wildman–Crippen LogP) is 4.63. The average Bonchev–Trinajstić information content (AvgIpc) is 3.67. The number of nitrogens with zero attached hydrogens (tertiary/aromatic N) is 2. The van der Waals surface area contributed by atoms with Crippen molar-refractivity contribution in [2.75, 3.05) is 6.86 Å². The third-order valence-electron chi connectivity index (χ3n) is 6.77. The zero-order valence-corrected chi connectivity index (χ0v) is 19.7. The molecular formula is C28H27FN4O3. The number of benzene rings is 2. The fraction of sp³-hybridized carbons (Fsp3) is 0.286. The third kappa shape index (κ3) is 4.84. The maximum Gasteiger partial charge on any atom is 0.254 e. The Morgan fingerprint density at radius 3 is 2.47 bits per heavy atom. The van der Waals surface area contributed by atoms with Gasteiger partial charge in [0.2, 0.25) is 6.86 Å². The quantitative estimate of drug-likeness (QED) is 0.437. The predicted molar refractivity (Wildman–Crippen MR) is 133 cm³/mol. The number of amides is 1. The highest BCUT2D eigenvalue weighted by Gasteiger charge is 2.55. The number of carbonyl (C=O) groups excluding carboxylic acids is 1. The second kappa shape index (κ2) is 10.3. The van der Waals surface area contributed by atoms with Crippen molar-refractivity contribution < 1.29 is 13.9 Å². The molecule has 1 aliphatic heterocycles. The molecule has 36 heavy (non-hydrogen) atoms. The smallest absolute Gasteiger partial charge is 0.254 e. The van der Waals surface area contributed by atoms with Gasteiger partial charge in [0.1, 0.15) is 5.75 Å². The first-order chi connectivity index (χ1) is 17.6. The molecule has 0 bridgehead atoms. The Labute approximate surface area is 208 Å². The molecule has 184 valence electrons. The molecule has 1 aliphatic carbocycles. The lowest BCUT2D eigenvalue weighted by molar-refractivity contribution is -0.125. The van der Waals surface area contributed by atoms with Crippen LogP contribution in [0.5, 0.6) is 5.75 Å². The molecule has 2 aromatic carbocycles. The van der Waals surface area contributed by atoms with Gasteiger partial charge in [0, 0.05) is 30.3 Å². The fourth-order valence-corrected chi connectivity index (χ4v) is 4.72. The van der Waals surface area contributed by atoms with E-state index in [0.29, 0.717) is 29.7 Å². The third-order valence-corrected chi connectivity index (χ3v) is 6.77. The van der Waals surface area contributed by atoms with Gasteiger partial charge < -0.3 is 15.0 Å². The summed E-state index contributed by atoms with van der Waals surface area (Å²) >= 11 is 0. The van der Waals surface area contributed by atoms with Crippen LogP contribution in [0.15, 0.2) is 93.7 Å².